The molecule has 0 aromatic rings. The molecule has 1 heteroatoms. The Bertz CT molecular complexity index is 284. The molecule has 0 amide bonds. The van der Waals surface area contributed by atoms with Crippen LogP contribution in [0.4, 0.5) is 0 Å². The van der Waals surface area contributed by atoms with Gasteiger partial charge in [0.05, 0.1) is 0 Å². The fraction of sp³-hybridized carbons (Fsp3) is 0.800. The summed E-state index contributed by atoms with van der Waals surface area (Å²) < 4.78 is 0. The van der Waals surface area contributed by atoms with Crippen LogP contribution in [0.5, 0.6) is 0 Å². The van der Waals surface area contributed by atoms with Gasteiger partial charge in [0, 0.05) is 6.42 Å². The van der Waals surface area contributed by atoms with Gasteiger partial charge in [0.15, 0.2) is 0 Å². The molecule has 0 radical (unpaired) electrons. The van der Waals surface area contributed by atoms with E-state index >= 15 is 0 Å². The summed E-state index contributed by atoms with van der Waals surface area (Å²) in [4.78, 5) is 10.6. The Labute approximate surface area is 100 Å². The fourth-order valence-corrected chi connectivity index (χ4v) is 2.57. The quantitative estimate of drug-likeness (QED) is 0.498. The lowest BCUT2D eigenvalue weighted by molar-refractivity contribution is -0.109. The molecule has 0 aromatic heterocycles. The zero-order valence-electron chi connectivity index (χ0n) is 11.5. The average Bonchev–Trinajstić information content (AvgIpc) is 2.39. The topological polar surface area (TPSA) is 17.1 Å². The van der Waals surface area contributed by atoms with Crippen LogP contribution in [0, 0.1) is 16.7 Å². The lowest BCUT2D eigenvalue weighted by Gasteiger charge is -2.32. The maximum Gasteiger partial charge on any atom is 0.120 e. The van der Waals surface area contributed by atoms with Crippen LogP contribution in [0.25, 0.3) is 0 Å². The molecule has 0 aliphatic heterocycles. The van der Waals surface area contributed by atoms with Crippen LogP contribution < -0.4 is 0 Å². The second-order valence-corrected chi connectivity index (χ2v) is 6.62. The Morgan fingerprint density at radius 1 is 1.50 bits per heavy atom. The summed E-state index contributed by atoms with van der Waals surface area (Å²) in [6, 6.07) is 0. The molecule has 0 N–H and O–H groups in total. The van der Waals surface area contributed by atoms with Gasteiger partial charge in [-0.2, -0.15) is 0 Å². The third-order valence-electron chi connectivity index (χ3n) is 4.55. The minimum atomic E-state index is 0.175. The van der Waals surface area contributed by atoms with Gasteiger partial charge >= 0.3 is 0 Å². The maximum absolute atomic E-state index is 10.6. The molecule has 1 rings (SSSR count). The van der Waals surface area contributed by atoms with Crippen molar-refractivity contribution in [1.82, 2.24) is 0 Å². The van der Waals surface area contributed by atoms with Crippen molar-refractivity contribution in [3.8, 4) is 0 Å². The summed E-state index contributed by atoms with van der Waals surface area (Å²) in [6.07, 6.45) is 7.74. The standard InChI is InChI=1S/C15H26O/c1-12-6-7-13(15(12,4)5)8-9-14(2,3)10-11-16/h6,11,13H,7-10H2,1-5H3. The maximum atomic E-state index is 10.6. The zero-order chi connectivity index (χ0) is 12.4. The number of carbonyl (C=O) groups excluding carboxylic acids is 1. The van der Waals surface area contributed by atoms with Gasteiger partial charge in [-0.25, -0.2) is 0 Å². The zero-order valence-corrected chi connectivity index (χ0v) is 11.5. The molecule has 0 saturated carbocycles. The van der Waals surface area contributed by atoms with Crippen molar-refractivity contribution in [2.45, 2.75) is 60.3 Å². The first-order chi connectivity index (χ1) is 7.29. The van der Waals surface area contributed by atoms with Crippen molar-refractivity contribution in [2.75, 3.05) is 0 Å². The summed E-state index contributed by atoms with van der Waals surface area (Å²) >= 11 is 0. The highest BCUT2D eigenvalue weighted by Gasteiger charge is 2.35. The van der Waals surface area contributed by atoms with Crippen molar-refractivity contribution in [2.24, 2.45) is 16.7 Å². The minimum absolute atomic E-state index is 0.175. The first kappa shape index (κ1) is 13.5. The Morgan fingerprint density at radius 3 is 2.56 bits per heavy atom. The minimum Gasteiger partial charge on any atom is -0.303 e. The van der Waals surface area contributed by atoms with Crippen LogP contribution in [-0.2, 0) is 4.79 Å². The number of rotatable bonds is 5. The number of allylic oxidation sites excluding steroid dienone is 2. The largest absolute Gasteiger partial charge is 0.303 e. The summed E-state index contributed by atoms with van der Waals surface area (Å²) in [5.74, 6) is 0.762. The van der Waals surface area contributed by atoms with Crippen LogP contribution >= 0.6 is 0 Å². The van der Waals surface area contributed by atoms with Crippen molar-refractivity contribution in [3.05, 3.63) is 11.6 Å². The third kappa shape index (κ3) is 2.96. The van der Waals surface area contributed by atoms with Gasteiger partial charge in [-0.15, -0.1) is 0 Å². The van der Waals surface area contributed by atoms with E-state index in [-0.39, 0.29) is 5.41 Å². The third-order valence-corrected chi connectivity index (χ3v) is 4.55. The predicted octanol–water partition coefficient (Wildman–Crippen LogP) is 4.37. The molecule has 92 valence electrons. The highest BCUT2D eigenvalue weighted by atomic mass is 16.1. The van der Waals surface area contributed by atoms with Crippen LogP contribution in [-0.4, -0.2) is 6.29 Å². The van der Waals surface area contributed by atoms with E-state index in [2.05, 4.69) is 40.7 Å². The lowest BCUT2D eigenvalue weighted by atomic mass is 9.72. The Balaban J connectivity index is 2.49. The molecule has 1 aliphatic carbocycles. The van der Waals surface area contributed by atoms with Crippen LogP contribution in [0.1, 0.15) is 60.3 Å². The van der Waals surface area contributed by atoms with E-state index in [1.165, 1.54) is 18.4 Å². The number of hydrogen-bond donors (Lipinski definition) is 0. The van der Waals surface area contributed by atoms with Crippen molar-refractivity contribution >= 4 is 6.29 Å². The van der Waals surface area contributed by atoms with Gasteiger partial charge in [-0.3, -0.25) is 0 Å². The monoisotopic (exact) mass is 222 g/mol. The molecule has 1 unspecified atom stereocenters. The predicted molar refractivity (Wildman–Crippen MR) is 69.3 cm³/mol. The SMILES string of the molecule is CC1=CCC(CCC(C)(C)CC=O)C1(C)C. The van der Waals surface area contributed by atoms with Crippen LogP contribution in [0.15, 0.2) is 11.6 Å². The molecule has 0 fully saturated rings. The summed E-state index contributed by atoms with van der Waals surface area (Å²) in [6.45, 7) is 11.3. The summed E-state index contributed by atoms with van der Waals surface area (Å²) in [5, 5.41) is 0. The van der Waals surface area contributed by atoms with Gasteiger partial charge in [-0.05, 0) is 42.9 Å². The van der Waals surface area contributed by atoms with Crippen LogP contribution in [0.2, 0.25) is 0 Å². The Hall–Kier alpha value is -0.590. The average molecular weight is 222 g/mol. The smallest absolute Gasteiger partial charge is 0.120 e. The van der Waals surface area contributed by atoms with Crippen molar-refractivity contribution in [3.63, 3.8) is 0 Å². The van der Waals surface area contributed by atoms with E-state index in [1.54, 1.807) is 0 Å². The first-order valence-corrected chi connectivity index (χ1v) is 6.40. The molecule has 1 aliphatic rings. The van der Waals surface area contributed by atoms with Crippen molar-refractivity contribution < 1.29 is 4.79 Å². The lowest BCUT2D eigenvalue weighted by Crippen LogP contribution is -2.23. The molecule has 0 heterocycles. The van der Waals surface area contributed by atoms with E-state index in [4.69, 9.17) is 0 Å². The van der Waals surface area contributed by atoms with Gasteiger partial charge in [-0.1, -0.05) is 39.3 Å². The van der Waals surface area contributed by atoms with E-state index in [9.17, 15) is 4.79 Å². The summed E-state index contributed by atoms with van der Waals surface area (Å²) in [7, 11) is 0. The molecule has 1 atom stereocenters. The second-order valence-electron chi connectivity index (χ2n) is 6.62. The molecule has 1 nitrogen and oxygen atoms in total. The van der Waals surface area contributed by atoms with Gasteiger partial charge < -0.3 is 4.79 Å². The molecule has 16 heavy (non-hydrogen) atoms. The fourth-order valence-electron chi connectivity index (χ4n) is 2.57. The number of carbonyl (C=O) groups is 1. The van der Waals surface area contributed by atoms with E-state index in [0.717, 1.165) is 18.6 Å². The molecule has 0 bridgehead atoms. The normalized spacial score (nSPS) is 24.3. The molecular formula is C15H26O. The Morgan fingerprint density at radius 2 is 2.12 bits per heavy atom. The van der Waals surface area contributed by atoms with Gasteiger partial charge in [0.1, 0.15) is 6.29 Å². The van der Waals surface area contributed by atoms with E-state index in [0.29, 0.717) is 11.8 Å². The molecule has 0 saturated heterocycles. The molecular weight excluding hydrogens is 196 g/mol. The number of hydrogen-bond acceptors (Lipinski definition) is 1. The van der Waals surface area contributed by atoms with Gasteiger partial charge in [0.2, 0.25) is 0 Å². The van der Waals surface area contributed by atoms with Crippen molar-refractivity contribution in [1.29, 1.82) is 0 Å². The second kappa shape index (κ2) is 4.73. The number of aldehydes is 1. The highest BCUT2D eigenvalue weighted by Crippen LogP contribution is 2.46. The molecule has 0 aromatic carbocycles. The van der Waals surface area contributed by atoms with E-state index < -0.39 is 0 Å². The highest BCUT2D eigenvalue weighted by molar-refractivity contribution is 5.50. The van der Waals surface area contributed by atoms with Crippen LogP contribution in [0.3, 0.4) is 0 Å². The van der Waals surface area contributed by atoms with E-state index in [1.807, 2.05) is 0 Å². The summed E-state index contributed by atoms with van der Waals surface area (Å²) in [5.41, 5.74) is 2.07. The van der Waals surface area contributed by atoms with Gasteiger partial charge in [0.25, 0.3) is 0 Å². The molecule has 0 spiro atoms. The Kier molecular flexibility index (Phi) is 3.98. The first-order valence-electron chi connectivity index (χ1n) is 6.40.